The van der Waals surface area contributed by atoms with Gasteiger partial charge in [-0.1, -0.05) is 0 Å². The van der Waals surface area contributed by atoms with Gasteiger partial charge in [0.2, 0.25) is 0 Å². The molecular formula is C15H23N3O3. The highest BCUT2D eigenvalue weighted by Gasteiger charge is 2.22. The Bertz CT molecular complexity index is 491. The predicted octanol–water partition coefficient (Wildman–Crippen LogP) is 1.44. The van der Waals surface area contributed by atoms with E-state index in [1.807, 2.05) is 0 Å². The highest BCUT2D eigenvalue weighted by Crippen LogP contribution is 2.25. The molecule has 0 saturated carbocycles. The van der Waals surface area contributed by atoms with Gasteiger partial charge >= 0.3 is 5.97 Å². The van der Waals surface area contributed by atoms with Crippen LogP contribution in [-0.2, 0) is 4.74 Å². The second kappa shape index (κ2) is 7.26. The minimum Gasteiger partial charge on any atom is -0.462 e. The smallest absolute Gasteiger partial charge is 0.340 e. The summed E-state index contributed by atoms with van der Waals surface area (Å²) in [5, 5.41) is 9.08. The van der Waals surface area contributed by atoms with Gasteiger partial charge in [-0.25, -0.2) is 9.78 Å². The molecule has 3 N–H and O–H groups in total. The van der Waals surface area contributed by atoms with E-state index in [9.17, 15) is 4.79 Å². The van der Waals surface area contributed by atoms with E-state index in [0.29, 0.717) is 23.8 Å². The first-order valence-electron chi connectivity index (χ1n) is 7.44. The molecule has 1 unspecified atom stereocenters. The van der Waals surface area contributed by atoms with Gasteiger partial charge in [-0.3, -0.25) is 0 Å². The number of aromatic nitrogens is 1. The fourth-order valence-electron chi connectivity index (χ4n) is 2.70. The molecule has 1 saturated heterocycles. The number of nitrogen functional groups attached to an aromatic ring is 1. The molecule has 116 valence electrons. The molecule has 6 nitrogen and oxygen atoms in total. The van der Waals surface area contributed by atoms with Crippen molar-refractivity contribution in [1.29, 1.82) is 0 Å². The van der Waals surface area contributed by atoms with Crippen molar-refractivity contribution in [3.8, 4) is 0 Å². The zero-order valence-corrected chi connectivity index (χ0v) is 12.4. The van der Waals surface area contributed by atoms with Crippen LogP contribution in [0.25, 0.3) is 0 Å². The maximum absolute atomic E-state index is 11.9. The lowest BCUT2D eigenvalue weighted by atomic mass is 9.95. The van der Waals surface area contributed by atoms with E-state index in [0.717, 1.165) is 38.2 Å². The van der Waals surface area contributed by atoms with Gasteiger partial charge in [0.25, 0.3) is 0 Å². The van der Waals surface area contributed by atoms with Crippen molar-refractivity contribution in [2.45, 2.75) is 26.2 Å². The van der Waals surface area contributed by atoms with Crippen LogP contribution < -0.4 is 10.6 Å². The van der Waals surface area contributed by atoms with Gasteiger partial charge in [0.15, 0.2) is 0 Å². The first-order chi connectivity index (χ1) is 10.2. The Morgan fingerprint density at radius 1 is 1.62 bits per heavy atom. The molecule has 1 atom stereocenters. The van der Waals surface area contributed by atoms with E-state index in [1.54, 1.807) is 13.0 Å². The third-order valence-corrected chi connectivity index (χ3v) is 3.80. The SMILES string of the molecule is CCOC(=O)c1cc(N2CCCC(CCO)C2)ncc1N. The molecule has 2 rings (SSSR count). The number of nitrogens with two attached hydrogens (primary N) is 1. The number of nitrogens with zero attached hydrogens (tertiary/aromatic N) is 2. The van der Waals surface area contributed by atoms with Crippen LogP contribution in [0.15, 0.2) is 12.3 Å². The van der Waals surface area contributed by atoms with E-state index in [1.165, 1.54) is 6.20 Å². The van der Waals surface area contributed by atoms with Gasteiger partial charge < -0.3 is 20.5 Å². The molecule has 1 aromatic rings. The summed E-state index contributed by atoms with van der Waals surface area (Å²) in [7, 11) is 0. The minimum atomic E-state index is -0.414. The zero-order valence-electron chi connectivity index (χ0n) is 12.4. The predicted molar refractivity (Wildman–Crippen MR) is 81.2 cm³/mol. The first kappa shape index (κ1) is 15.6. The highest BCUT2D eigenvalue weighted by atomic mass is 16.5. The standard InChI is InChI=1S/C15H23N3O3/c1-2-21-15(20)12-8-14(17-9-13(12)16)18-6-3-4-11(10-18)5-7-19/h8-9,11,19H,2-7,10,16H2,1H3. The Hall–Kier alpha value is -1.82. The maximum atomic E-state index is 11.9. The topological polar surface area (TPSA) is 88.7 Å². The van der Waals surface area contributed by atoms with Gasteiger partial charge in [0, 0.05) is 19.7 Å². The second-order valence-corrected chi connectivity index (χ2v) is 5.32. The fourth-order valence-corrected chi connectivity index (χ4v) is 2.70. The lowest BCUT2D eigenvalue weighted by molar-refractivity contribution is 0.0527. The van der Waals surface area contributed by atoms with E-state index >= 15 is 0 Å². The van der Waals surface area contributed by atoms with E-state index in [4.69, 9.17) is 15.6 Å². The average molecular weight is 293 g/mol. The van der Waals surface area contributed by atoms with Crippen molar-refractivity contribution in [3.63, 3.8) is 0 Å². The van der Waals surface area contributed by atoms with Crippen LogP contribution in [0, 0.1) is 5.92 Å². The summed E-state index contributed by atoms with van der Waals surface area (Å²) in [6.45, 7) is 4.04. The highest BCUT2D eigenvalue weighted by molar-refractivity contribution is 5.95. The number of rotatable bonds is 5. The van der Waals surface area contributed by atoms with Crippen LogP contribution in [0.2, 0.25) is 0 Å². The van der Waals surface area contributed by atoms with Crippen LogP contribution in [-0.4, -0.2) is 42.4 Å². The number of hydrogen-bond donors (Lipinski definition) is 2. The average Bonchev–Trinajstić information content (AvgIpc) is 2.48. The molecule has 0 radical (unpaired) electrons. The molecule has 1 aliphatic heterocycles. The molecule has 6 heteroatoms. The summed E-state index contributed by atoms with van der Waals surface area (Å²) >= 11 is 0. The number of anilines is 2. The van der Waals surface area contributed by atoms with Crippen LogP contribution in [0.4, 0.5) is 11.5 Å². The Morgan fingerprint density at radius 2 is 2.43 bits per heavy atom. The van der Waals surface area contributed by atoms with Crippen molar-refractivity contribution in [3.05, 3.63) is 17.8 Å². The molecule has 0 spiro atoms. The summed E-state index contributed by atoms with van der Waals surface area (Å²) in [5.41, 5.74) is 6.51. The minimum absolute atomic E-state index is 0.210. The third-order valence-electron chi connectivity index (χ3n) is 3.80. The maximum Gasteiger partial charge on any atom is 0.340 e. The molecule has 1 aromatic heterocycles. The summed E-state index contributed by atoms with van der Waals surface area (Å²) in [6.07, 6.45) is 4.50. The number of pyridine rings is 1. The van der Waals surface area contributed by atoms with Crippen LogP contribution in [0.5, 0.6) is 0 Å². The Balaban J connectivity index is 2.16. The quantitative estimate of drug-likeness (QED) is 0.799. The lowest BCUT2D eigenvalue weighted by Crippen LogP contribution is -2.36. The summed E-state index contributed by atoms with van der Waals surface area (Å²) < 4.78 is 5.01. The molecular weight excluding hydrogens is 270 g/mol. The van der Waals surface area contributed by atoms with Crippen molar-refractivity contribution >= 4 is 17.5 Å². The van der Waals surface area contributed by atoms with E-state index in [2.05, 4.69) is 9.88 Å². The molecule has 0 aliphatic carbocycles. The van der Waals surface area contributed by atoms with Gasteiger partial charge in [-0.15, -0.1) is 0 Å². The molecule has 21 heavy (non-hydrogen) atoms. The number of carbonyl (C=O) groups excluding carboxylic acids is 1. The summed E-state index contributed by atoms with van der Waals surface area (Å²) in [4.78, 5) is 18.4. The normalized spacial score (nSPS) is 18.6. The van der Waals surface area contributed by atoms with Gasteiger partial charge in [-0.2, -0.15) is 0 Å². The number of piperidine rings is 1. The first-order valence-corrected chi connectivity index (χ1v) is 7.44. The van der Waals surface area contributed by atoms with Crippen molar-refractivity contribution in [2.24, 2.45) is 5.92 Å². The van der Waals surface area contributed by atoms with Crippen molar-refractivity contribution in [1.82, 2.24) is 4.98 Å². The lowest BCUT2D eigenvalue weighted by Gasteiger charge is -2.33. The van der Waals surface area contributed by atoms with Crippen LogP contribution in [0.3, 0.4) is 0 Å². The molecule has 0 aromatic carbocycles. The summed E-state index contributed by atoms with van der Waals surface area (Å²) in [6, 6.07) is 1.70. The second-order valence-electron chi connectivity index (χ2n) is 5.32. The van der Waals surface area contributed by atoms with E-state index < -0.39 is 5.97 Å². The van der Waals surface area contributed by atoms with Crippen molar-refractivity contribution < 1.29 is 14.6 Å². The number of ether oxygens (including phenoxy) is 1. The van der Waals surface area contributed by atoms with Crippen molar-refractivity contribution in [2.75, 3.05) is 36.9 Å². The Kier molecular flexibility index (Phi) is 5.38. The molecule has 0 bridgehead atoms. The number of carbonyl (C=O) groups is 1. The number of hydrogen-bond acceptors (Lipinski definition) is 6. The Labute approximate surface area is 124 Å². The van der Waals surface area contributed by atoms with E-state index in [-0.39, 0.29) is 6.61 Å². The third kappa shape index (κ3) is 3.85. The van der Waals surface area contributed by atoms with Gasteiger partial charge in [0.1, 0.15) is 5.82 Å². The molecule has 2 heterocycles. The molecule has 1 fully saturated rings. The number of aliphatic hydroxyl groups excluding tert-OH is 1. The van der Waals surface area contributed by atoms with Gasteiger partial charge in [-0.05, 0) is 38.2 Å². The molecule has 0 amide bonds. The number of esters is 1. The van der Waals surface area contributed by atoms with Crippen LogP contribution in [0.1, 0.15) is 36.5 Å². The summed E-state index contributed by atoms with van der Waals surface area (Å²) in [5.74, 6) is 0.798. The van der Waals surface area contributed by atoms with Crippen LogP contribution >= 0.6 is 0 Å². The zero-order chi connectivity index (χ0) is 15.2. The number of aliphatic hydroxyl groups is 1. The Morgan fingerprint density at radius 3 is 3.14 bits per heavy atom. The fraction of sp³-hybridized carbons (Fsp3) is 0.600. The largest absolute Gasteiger partial charge is 0.462 e. The van der Waals surface area contributed by atoms with Gasteiger partial charge in [0.05, 0.1) is 24.1 Å². The monoisotopic (exact) mass is 293 g/mol. The molecule has 1 aliphatic rings.